The number of carbonyl (C=O) groups is 3. The molecule has 28 heavy (non-hydrogen) atoms. The molecule has 1 N–H and O–H groups in total. The third-order valence-corrected chi connectivity index (χ3v) is 5.44. The molecule has 0 aromatic heterocycles. The summed E-state index contributed by atoms with van der Waals surface area (Å²) in [7, 11) is 0. The number of esters is 2. The van der Waals surface area contributed by atoms with Crippen molar-refractivity contribution in [1.82, 2.24) is 0 Å². The first-order valence-electron chi connectivity index (χ1n) is 9.61. The molecule has 6 nitrogen and oxygen atoms in total. The maximum atomic E-state index is 12.2. The van der Waals surface area contributed by atoms with Crippen molar-refractivity contribution in [1.29, 1.82) is 0 Å². The molecule has 154 valence electrons. The normalized spacial score (nSPS) is 14.0. The Morgan fingerprint density at radius 3 is 1.93 bits per heavy atom. The molecule has 0 bridgehead atoms. The minimum absolute atomic E-state index is 0.147. The summed E-state index contributed by atoms with van der Waals surface area (Å²) in [6, 6.07) is 4.81. The number of benzene rings is 1. The molecule has 0 aliphatic rings. The molecular weight excluding hydrogens is 423 g/mol. The van der Waals surface area contributed by atoms with Gasteiger partial charge in [-0.25, -0.2) is 0 Å². The van der Waals surface area contributed by atoms with Crippen LogP contribution in [-0.2, 0) is 20.8 Å². The van der Waals surface area contributed by atoms with Crippen molar-refractivity contribution in [2.24, 2.45) is 11.8 Å². The predicted octanol–water partition coefficient (Wildman–Crippen LogP) is 3.95. The first-order chi connectivity index (χ1) is 13.2. The van der Waals surface area contributed by atoms with Gasteiger partial charge in [0.15, 0.2) is 0 Å². The molecule has 1 rings (SSSR count). The van der Waals surface area contributed by atoms with Gasteiger partial charge in [-0.15, -0.1) is 0 Å². The Kier molecular flexibility index (Phi) is 10.3. The van der Waals surface area contributed by atoms with Crippen LogP contribution in [0.4, 0.5) is 0 Å². The van der Waals surface area contributed by atoms with Gasteiger partial charge in [-0.05, 0) is 0 Å². The van der Waals surface area contributed by atoms with Crippen LogP contribution in [0.15, 0.2) is 18.2 Å². The van der Waals surface area contributed by atoms with E-state index in [1.165, 1.54) is 0 Å². The summed E-state index contributed by atoms with van der Waals surface area (Å²) >= 11 is 2.10. The fraction of sp³-hybridized carbons (Fsp3) is 0.571. The van der Waals surface area contributed by atoms with Crippen LogP contribution in [0.1, 0.15) is 58.9 Å². The van der Waals surface area contributed by atoms with E-state index in [1.54, 1.807) is 18.2 Å². The molecule has 0 aliphatic carbocycles. The van der Waals surface area contributed by atoms with Crippen LogP contribution in [0.5, 0.6) is 11.5 Å². The third kappa shape index (κ3) is 8.47. The maximum absolute atomic E-state index is 12.2. The molecule has 2 radical (unpaired) electrons. The molecule has 0 aliphatic heterocycles. The summed E-state index contributed by atoms with van der Waals surface area (Å²) in [5, 5.41) is 9.09. The summed E-state index contributed by atoms with van der Waals surface area (Å²) in [6.07, 6.45) is 2.48. The second-order valence-corrected chi connectivity index (χ2v) is 8.53. The van der Waals surface area contributed by atoms with Crippen LogP contribution < -0.4 is 9.47 Å². The number of hydrogen-bond acceptors (Lipinski definition) is 5. The number of ether oxygens (including phenoxy) is 2. The van der Waals surface area contributed by atoms with Crippen LogP contribution in [0.3, 0.4) is 0 Å². The summed E-state index contributed by atoms with van der Waals surface area (Å²) in [6.45, 7) is 7.91. The molecule has 0 spiro atoms. The van der Waals surface area contributed by atoms with Crippen molar-refractivity contribution >= 4 is 34.8 Å². The van der Waals surface area contributed by atoms with E-state index in [2.05, 4.69) is 16.9 Å². The van der Waals surface area contributed by atoms with Crippen molar-refractivity contribution in [3.05, 3.63) is 23.8 Å². The average molecular weight is 452 g/mol. The third-order valence-electron chi connectivity index (χ3n) is 4.59. The zero-order valence-electron chi connectivity index (χ0n) is 16.9. The van der Waals surface area contributed by atoms with E-state index in [0.717, 1.165) is 12.8 Å². The standard InChI is InChI=1S/C21H29AsO6/c1-5-13(3)9-19(23)27-17-8-7-15(11-16(22)21(25)26)12-18(17)28-20(24)10-14(4)6-2/h7-8,12-14,16H,5-6,9-11H2,1-4H3,(H,25,26)/t13?,14?,16-/m0/s1. The molecule has 1 aromatic carbocycles. The van der Waals surface area contributed by atoms with Gasteiger partial charge < -0.3 is 0 Å². The van der Waals surface area contributed by atoms with Crippen molar-refractivity contribution in [3.8, 4) is 11.5 Å². The quantitative estimate of drug-likeness (QED) is 0.311. The summed E-state index contributed by atoms with van der Waals surface area (Å²) in [5.74, 6) is -1.04. The Morgan fingerprint density at radius 2 is 1.46 bits per heavy atom. The second kappa shape index (κ2) is 11.9. The van der Waals surface area contributed by atoms with Crippen LogP contribution in [0.2, 0.25) is 4.71 Å². The van der Waals surface area contributed by atoms with E-state index in [0.29, 0.717) is 5.56 Å². The van der Waals surface area contributed by atoms with Crippen LogP contribution in [0, 0.1) is 11.8 Å². The molecule has 0 saturated carbocycles. The van der Waals surface area contributed by atoms with Gasteiger partial charge in [0.1, 0.15) is 0 Å². The van der Waals surface area contributed by atoms with Crippen LogP contribution in [0.25, 0.3) is 0 Å². The molecule has 0 fully saturated rings. The van der Waals surface area contributed by atoms with E-state index < -0.39 is 22.6 Å². The minimum atomic E-state index is -0.931. The number of rotatable bonds is 11. The first-order valence-corrected chi connectivity index (χ1v) is 10.7. The summed E-state index contributed by atoms with van der Waals surface area (Å²) in [4.78, 5) is 35.5. The summed E-state index contributed by atoms with van der Waals surface area (Å²) in [5.41, 5.74) is 0.682. The fourth-order valence-electron chi connectivity index (χ4n) is 2.34. The van der Waals surface area contributed by atoms with Gasteiger partial charge in [0.05, 0.1) is 0 Å². The Bertz CT molecular complexity index is 687. The number of carboxylic acid groups (broad SMARTS) is 1. The predicted molar refractivity (Wildman–Crippen MR) is 107 cm³/mol. The molecule has 1 aromatic rings. The van der Waals surface area contributed by atoms with Crippen molar-refractivity contribution < 1.29 is 29.0 Å². The van der Waals surface area contributed by atoms with Crippen LogP contribution in [-0.4, -0.2) is 39.9 Å². The van der Waals surface area contributed by atoms with Gasteiger partial charge in [-0.2, -0.15) is 0 Å². The number of carboxylic acids is 1. The number of aliphatic carboxylic acids is 1. The SMILES string of the molecule is CCC(C)CC(=O)Oc1ccc(C[C@H]([As])C(=O)O)cc1OC(=O)CC(C)CC. The van der Waals surface area contributed by atoms with E-state index in [1.807, 2.05) is 27.7 Å². The van der Waals surface area contributed by atoms with E-state index in [9.17, 15) is 14.4 Å². The van der Waals surface area contributed by atoms with Crippen molar-refractivity contribution in [2.75, 3.05) is 0 Å². The zero-order chi connectivity index (χ0) is 21.3. The number of carbonyl (C=O) groups excluding carboxylic acids is 2. The second-order valence-electron chi connectivity index (χ2n) is 7.22. The molecule has 0 saturated heterocycles. The van der Waals surface area contributed by atoms with Crippen molar-refractivity contribution in [2.45, 2.75) is 64.5 Å². The molecule has 0 heterocycles. The Balaban J connectivity index is 3.03. The first kappa shape index (κ1) is 24.2. The number of hydrogen-bond donors (Lipinski definition) is 1. The zero-order valence-corrected chi connectivity index (χ0v) is 18.8. The molecule has 3 atom stereocenters. The molecule has 0 amide bonds. The van der Waals surface area contributed by atoms with E-state index in [4.69, 9.17) is 14.6 Å². The fourth-order valence-corrected chi connectivity index (χ4v) is 2.78. The summed E-state index contributed by atoms with van der Waals surface area (Å²) < 4.78 is 10.2. The molecule has 2 unspecified atom stereocenters. The van der Waals surface area contributed by atoms with Gasteiger partial charge in [-0.3, -0.25) is 0 Å². The molecular formula is C21H29AsO6. The molecule has 7 heteroatoms. The van der Waals surface area contributed by atoms with E-state index in [-0.39, 0.29) is 42.6 Å². The Labute approximate surface area is 175 Å². The topological polar surface area (TPSA) is 89.9 Å². The Morgan fingerprint density at radius 1 is 0.964 bits per heavy atom. The average Bonchev–Trinajstić information content (AvgIpc) is 2.63. The van der Waals surface area contributed by atoms with Crippen LogP contribution >= 0.6 is 0 Å². The van der Waals surface area contributed by atoms with Crippen molar-refractivity contribution in [3.63, 3.8) is 0 Å². The monoisotopic (exact) mass is 452 g/mol. The van der Waals surface area contributed by atoms with Gasteiger partial charge in [-0.1, -0.05) is 0 Å². The van der Waals surface area contributed by atoms with E-state index >= 15 is 0 Å². The van der Waals surface area contributed by atoms with Gasteiger partial charge >= 0.3 is 175 Å². The van der Waals surface area contributed by atoms with Gasteiger partial charge in [0, 0.05) is 0 Å². The van der Waals surface area contributed by atoms with Gasteiger partial charge in [0.25, 0.3) is 0 Å². The Hall–Kier alpha value is -1.81. The van der Waals surface area contributed by atoms with Gasteiger partial charge in [0.2, 0.25) is 0 Å².